The van der Waals surface area contributed by atoms with E-state index in [-0.39, 0.29) is 6.71 Å². The fourth-order valence-electron chi connectivity index (χ4n) is 2.72. The third kappa shape index (κ3) is 3.15. The van der Waals surface area contributed by atoms with E-state index < -0.39 is 0 Å². The summed E-state index contributed by atoms with van der Waals surface area (Å²) >= 11 is 0. The summed E-state index contributed by atoms with van der Waals surface area (Å²) in [5.41, 5.74) is 4.74. The lowest BCUT2D eigenvalue weighted by atomic mass is 9.37. The molecular weight excluding hydrogens is 279 g/mol. The number of hydrogen-bond acceptors (Lipinski definition) is 2. The Morgan fingerprint density at radius 2 is 0.913 bits per heavy atom. The van der Waals surface area contributed by atoms with E-state index >= 15 is 0 Å². The molecule has 106 valence electrons. The van der Waals surface area contributed by atoms with Crippen LogP contribution in [0.4, 0.5) is 0 Å². The van der Waals surface area contributed by atoms with Crippen molar-refractivity contribution < 1.29 is 0 Å². The first-order chi connectivity index (χ1) is 11.3. The highest BCUT2D eigenvalue weighted by Gasteiger charge is 2.21. The molecule has 0 radical (unpaired) electrons. The molecule has 0 N–H and O–H groups in total. The summed E-state index contributed by atoms with van der Waals surface area (Å²) in [6, 6.07) is 29.9. The number of hydrogen-bond donors (Lipinski definition) is 0. The average Bonchev–Trinajstić information content (AvgIpc) is 2.64. The summed E-state index contributed by atoms with van der Waals surface area (Å²) < 4.78 is 0. The maximum atomic E-state index is 8.98. The van der Waals surface area contributed by atoms with Gasteiger partial charge in [-0.05, 0) is 24.3 Å². The number of nitriles is 2. The van der Waals surface area contributed by atoms with Gasteiger partial charge >= 0.3 is 0 Å². The molecule has 0 spiro atoms. The molecule has 0 aromatic heterocycles. The van der Waals surface area contributed by atoms with Gasteiger partial charge in [0.15, 0.2) is 0 Å². The van der Waals surface area contributed by atoms with Gasteiger partial charge < -0.3 is 0 Å². The largest absolute Gasteiger partial charge is 0.241 e. The maximum absolute atomic E-state index is 8.98. The second-order valence-electron chi connectivity index (χ2n) is 5.31. The lowest BCUT2D eigenvalue weighted by Crippen LogP contribution is -2.51. The van der Waals surface area contributed by atoms with Gasteiger partial charge in [0.2, 0.25) is 6.71 Å². The highest BCUT2D eigenvalue weighted by Crippen LogP contribution is 2.00. The first kappa shape index (κ1) is 14.6. The van der Waals surface area contributed by atoms with E-state index in [9.17, 15) is 0 Å². The normalized spacial score (nSPS) is 9.65. The van der Waals surface area contributed by atoms with E-state index in [0.29, 0.717) is 11.1 Å². The predicted molar refractivity (Wildman–Crippen MR) is 93.4 cm³/mol. The third-order valence-corrected chi connectivity index (χ3v) is 3.88. The predicted octanol–water partition coefficient (Wildman–Crippen LogP) is 1.95. The summed E-state index contributed by atoms with van der Waals surface area (Å²) in [5.74, 6) is 0. The first-order valence-corrected chi connectivity index (χ1v) is 7.37. The summed E-state index contributed by atoms with van der Waals surface area (Å²) in [4.78, 5) is 0. The van der Waals surface area contributed by atoms with Gasteiger partial charge in [0.05, 0.1) is 23.3 Å². The molecule has 0 aliphatic rings. The fourth-order valence-corrected chi connectivity index (χ4v) is 2.72. The van der Waals surface area contributed by atoms with Crippen LogP contribution in [0.25, 0.3) is 0 Å². The van der Waals surface area contributed by atoms with E-state index in [1.807, 2.05) is 66.7 Å². The number of rotatable bonds is 3. The second kappa shape index (κ2) is 6.64. The van der Waals surface area contributed by atoms with Crippen LogP contribution in [0.15, 0.2) is 78.9 Å². The van der Waals surface area contributed by atoms with Crippen LogP contribution in [-0.4, -0.2) is 6.71 Å². The van der Waals surface area contributed by atoms with Crippen LogP contribution in [-0.2, 0) is 0 Å². The summed E-state index contributed by atoms with van der Waals surface area (Å²) in [5, 5.41) is 18.0. The second-order valence-corrected chi connectivity index (χ2v) is 5.31. The van der Waals surface area contributed by atoms with Crippen LogP contribution >= 0.6 is 0 Å². The van der Waals surface area contributed by atoms with Gasteiger partial charge in [-0.15, -0.1) is 0 Å². The van der Waals surface area contributed by atoms with Gasteiger partial charge in [0.25, 0.3) is 0 Å². The van der Waals surface area contributed by atoms with Crippen molar-refractivity contribution in [2.24, 2.45) is 0 Å². The van der Waals surface area contributed by atoms with Crippen LogP contribution in [0, 0.1) is 22.7 Å². The smallest absolute Gasteiger partial charge is 0.192 e. The van der Waals surface area contributed by atoms with Crippen molar-refractivity contribution in [3.8, 4) is 12.1 Å². The minimum atomic E-state index is 0.0803. The van der Waals surface area contributed by atoms with Crippen molar-refractivity contribution in [1.82, 2.24) is 0 Å². The SMILES string of the molecule is N#Cc1ccc(B(c2ccccc2)c2ccc(C#N)cc2)cc1. The Labute approximate surface area is 136 Å². The summed E-state index contributed by atoms with van der Waals surface area (Å²) in [6.07, 6.45) is 0. The lowest BCUT2D eigenvalue weighted by Gasteiger charge is -2.15. The van der Waals surface area contributed by atoms with Crippen molar-refractivity contribution in [3.05, 3.63) is 90.0 Å². The Morgan fingerprint density at radius 3 is 1.30 bits per heavy atom. The maximum Gasteiger partial charge on any atom is 0.241 e. The monoisotopic (exact) mass is 292 g/mol. The van der Waals surface area contributed by atoms with Crippen LogP contribution in [0.1, 0.15) is 11.1 Å². The van der Waals surface area contributed by atoms with Crippen molar-refractivity contribution in [3.63, 3.8) is 0 Å². The Balaban J connectivity index is 2.09. The van der Waals surface area contributed by atoms with Gasteiger partial charge in [-0.1, -0.05) is 71.0 Å². The zero-order valence-corrected chi connectivity index (χ0v) is 12.5. The Morgan fingerprint density at radius 1 is 0.522 bits per heavy atom. The van der Waals surface area contributed by atoms with Crippen molar-refractivity contribution in [2.75, 3.05) is 0 Å². The third-order valence-electron chi connectivity index (χ3n) is 3.88. The van der Waals surface area contributed by atoms with Crippen LogP contribution in [0.3, 0.4) is 0 Å². The molecule has 2 nitrogen and oxygen atoms in total. The van der Waals surface area contributed by atoms with Crippen molar-refractivity contribution in [2.45, 2.75) is 0 Å². The van der Waals surface area contributed by atoms with Crippen LogP contribution in [0.5, 0.6) is 0 Å². The molecule has 0 aliphatic carbocycles. The highest BCUT2D eigenvalue weighted by atomic mass is 14.2. The van der Waals surface area contributed by atoms with Crippen molar-refractivity contribution in [1.29, 1.82) is 10.5 Å². The topological polar surface area (TPSA) is 47.6 Å². The van der Waals surface area contributed by atoms with E-state index in [4.69, 9.17) is 10.5 Å². The molecule has 0 heterocycles. The first-order valence-electron chi connectivity index (χ1n) is 7.37. The fraction of sp³-hybridized carbons (Fsp3) is 0. The van der Waals surface area contributed by atoms with E-state index in [1.54, 1.807) is 0 Å². The Bertz CT molecular complexity index is 813. The molecule has 0 saturated carbocycles. The number of nitrogens with zero attached hydrogens (tertiary/aromatic N) is 2. The molecule has 3 rings (SSSR count). The van der Waals surface area contributed by atoms with E-state index in [2.05, 4.69) is 24.3 Å². The average molecular weight is 292 g/mol. The van der Waals surface area contributed by atoms with Gasteiger partial charge in [0.1, 0.15) is 0 Å². The van der Waals surface area contributed by atoms with Crippen molar-refractivity contribution >= 4 is 23.1 Å². The van der Waals surface area contributed by atoms with E-state index in [0.717, 1.165) is 10.9 Å². The van der Waals surface area contributed by atoms with Gasteiger partial charge in [-0.25, -0.2) is 0 Å². The molecule has 0 saturated heterocycles. The minimum absolute atomic E-state index is 0.0803. The summed E-state index contributed by atoms with van der Waals surface area (Å²) in [7, 11) is 0. The molecular formula is C20H13BN2. The highest BCUT2D eigenvalue weighted by molar-refractivity contribution is 6.95. The quantitative estimate of drug-likeness (QED) is 0.693. The van der Waals surface area contributed by atoms with E-state index in [1.165, 1.54) is 5.46 Å². The Kier molecular flexibility index (Phi) is 4.23. The molecule has 0 atom stereocenters. The van der Waals surface area contributed by atoms with Gasteiger partial charge in [-0.2, -0.15) is 10.5 Å². The molecule has 0 fully saturated rings. The molecule has 3 heteroatoms. The zero-order valence-electron chi connectivity index (χ0n) is 12.5. The molecule has 23 heavy (non-hydrogen) atoms. The molecule has 3 aromatic carbocycles. The molecule has 0 aliphatic heterocycles. The van der Waals surface area contributed by atoms with Crippen LogP contribution < -0.4 is 16.4 Å². The number of benzene rings is 3. The standard InChI is InChI=1S/C20H13BN2/c22-14-16-6-10-19(11-7-16)21(18-4-2-1-3-5-18)20-12-8-17(15-23)9-13-20/h1-13H. The zero-order chi connectivity index (χ0) is 16.1. The molecule has 0 unspecified atom stereocenters. The molecule has 0 bridgehead atoms. The summed E-state index contributed by atoms with van der Waals surface area (Å²) in [6.45, 7) is 0.0803. The molecule has 0 amide bonds. The van der Waals surface area contributed by atoms with Gasteiger partial charge in [-0.3, -0.25) is 0 Å². The minimum Gasteiger partial charge on any atom is -0.192 e. The van der Waals surface area contributed by atoms with Gasteiger partial charge in [0, 0.05) is 0 Å². The lowest BCUT2D eigenvalue weighted by molar-refractivity contribution is 1.49. The molecule has 3 aromatic rings. The van der Waals surface area contributed by atoms with Crippen LogP contribution in [0.2, 0.25) is 0 Å². The Hall–Kier alpha value is -3.30.